The lowest BCUT2D eigenvalue weighted by Crippen LogP contribution is -3.00. The molecule has 0 fully saturated rings. The Hall–Kier alpha value is -2.64. The van der Waals surface area contributed by atoms with Crippen LogP contribution in [0.5, 0.6) is 11.5 Å². The number of quaternary nitrogens is 1. The van der Waals surface area contributed by atoms with Gasteiger partial charge in [0.15, 0.2) is 17.4 Å². The van der Waals surface area contributed by atoms with Crippen LogP contribution in [-0.4, -0.2) is 30.5 Å². The third kappa shape index (κ3) is 5.35. The molecule has 168 valence electrons. The molecule has 0 amide bonds. The van der Waals surface area contributed by atoms with Gasteiger partial charge >= 0.3 is 0 Å². The number of benzene rings is 2. The van der Waals surface area contributed by atoms with Crippen LogP contribution >= 0.6 is 0 Å². The number of hydrogen-bond acceptors (Lipinski definition) is 5. The first-order chi connectivity index (χ1) is 14.3. The lowest BCUT2D eigenvalue weighted by Gasteiger charge is -2.18. The van der Waals surface area contributed by atoms with E-state index in [0.29, 0.717) is 65.8 Å². The Morgan fingerprint density at radius 1 is 1.16 bits per heavy atom. The van der Waals surface area contributed by atoms with Crippen LogP contribution in [0.2, 0.25) is 0 Å². The summed E-state index contributed by atoms with van der Waals surface area (Å²) in [6, 6.07) is 6.47. The van der Waals surface area contributed by atoms with Crippen LogP contribution in [0.3, 0.4) is 0 Å². The van der Waals surface area contributed by atoms with E-state index in [-0.39, 0.29) is 29.9 Å². The van der Waals surface area contributed by atoms with E-state index in [1.165, 1.54) is 19.1 Å². The number of nitrogens with zero attached hydrogens (tertiary/aromatic N) is 1. The Morgan fingerprint density at radius 2 is 1.81 bits per heavy atom. The van der Waals surface area contributed by atoms with Crippen LogP contribution in [0.4, 0.5) is 4.39 Å². The van der Waals surface area contributed by atoms with Crippen LogP contribution in [0.1, 0.15) is 53.6 Å². The molecule has 0 spiro atoms. The van der Waals surface area contributed by atoms with Crippen molar-refractivity contribution in [3.63, 3.8) is 0 Å². The molecule has 3 aromatic rings. The summed E-state index contributed by atoms with van der Waals surface area (Å²) >= 11 is 0. The predicted molar refractivity (Wildman–Crippen MR) is 112 cm³/mol. The van der Waals surface area contributed by atoms with Gasteiger partial charge in [-0.2, -0.15) is 0 Å². The number of halogens is 2. The molecule has 0 saturated carbocycles. The average Bonchev–Trinajstić information content (AvgIpc) is 3.10. The number of aryl methyl sites for hydroxylation is 2. The third-order valence-corrected chi connectivity index (χ3v) is 5.08. The smallest absolute Gasteiger partial charge is 0.207 e. The maximum absolute atomic E-state index is 13.2. The van der Waals surface area contributed by atoms with E-state index in [2.05, 4.69) is 17.6 Å². The second-order valence-corrected chi connectivity index (χ2v) is 7.42. The van der Waals surface area contributed by atoms with Crippen molar-refractivity contribution in [1.82, 2.24) is 4.98 Å². The highest BCUT2D eigenvalue weighted by Gasteiger charge is 2.26. The summed E-state index contributed by atoms with van der Waals surface area (Å²) in [4.78, 5) is 16.8. The van der Waals surface area contributed by atoms with Gasteiger partial charge in [0.25, 0.3) is 0 Å². The molecule has 1 heterocycles. The van der Waals surface area contributed by atoms with Crippen LogP contribution in [-0.2, 0) is 0 Å². The lowest BCUT2D eigenvalue weighted by molar-refractivity contribution is -0.370. The number of hydrogen-bond donors (Lipinski definition) is 1. The van der Waals surface area contributed by atoms with Crippen molar-refractivity contribution in [2.45, 2.75) is 40.0 Å². The molecule has 2 aromatic carbocycles. The summed E-state index contributed by atoms with van der Waals surface area (Å²) < 4.78 is 31.0. The van der Waals surface area contributed by atoms with Gasteiger partial charge < -0.3 is 32.0 Å². The van der Waals surface area contributed by atoms with Crippen LogP contribution < -0.4 is 27.6 Å². The van der Waals surface area contributed by atoms with Gasteiger partial charge in [-0.3, -0.25) is 4.79 Å². The molecule has 1 aromatic heterocycles. The Kier molecular flexibility index (Phi) is 8.42. The number of carbonyl (C=O) groups excluding carboxylic acids is 1. The number of ether oxygens (including phenoxy) is 2. The quantitative estimate of drug-likeness (QED) is 0.491. The van der Waals surface area contributed by atoms with Gasteiger partial charge in [0.05, 0.1) is 12.2 Å². The van der Waals surface area contributed by atoms with Crippen molar-refractivity contribution < 1.29 is 41.2 Å². The molecule has 31 heavy (non-hydrogen) atoms. The van der Waals surface area contributed by atoms with Gasteiger partial charge in [0, 0.05) is 6.92 Å². The molecule has 0 radical (unpaired) electrons. The summed E-state index contributed by atoms with van der Waals surface area (Å²) in [6.07, 6.45) is 0.693. The number of Topliss-reactive ketones (excluding diaryl/α,β-unsaturated/α-hetero) is 1. The van der Waals surface area contributed by atoms with Crippen LogP contribution in [0.15, 0.2) is 28.7 Å². The first kappa shape index (κ1) is 24.6. The number of ketones is 1. The Morgan fingerprint density at radius 3 is 2.42 bits per heavy atom. The van der Waals surface area contributed by atoms with Gasteiger partial charge in [-0.25, -0.2) is 9.37 Å². The first-order valence-corrected chi connectivity index (χ1v) is 10.1. The van der Waals surface area contributed by atoms with Crippen LogP contribution in [0.25, 0.3) is 11.1 Å². The maximum atomic E-state index is 13.2. The normalized spacial score (nSPS) is 11.8. The van der Waals surface area contributed by atoms with Crippen molar-refractivity contribution in [3.8, 4) is 11.5 Å². The van der Waals surface area contributed by atoms with Crippen molar-refractivity contribution in [2.75, 3.05) is 19.8 Å². The minimum atomic E-state index is -0.256. The van der Waals surface area contributed by atoms with E-state index in [9.17, 15) is 9.18 Å². The zero-order valence-electron chi connectivity index (χ0n) is 18.3. The molecule has 3 rings (SSSR count). The topological polar surface area (TPSA) is 89.2 Å². The minimum Gasteiger partial charge on any atom is -1.00 e. The average molecular weight is 451 g/mol. The standard InChI is InChI=1S/C23H27FN2O4.ClH/c1-13(17-5-7-18(24)8-6-17)9-11-28-23-21(29-12-10-25)19(15(3)27)14(2)20-22(23)30-16(4)26-20;/h5-8,13H,9-12,25H2,1-4H3;1H. The summed E-state index contributed by atoms with van der Waals surface area (Å²) in [7, 11) is 0. The Balaban J connectivity index is 0.00000341. The number of carbonyl (C=O) groups is 1. The number of oxazole rings is 1. The Bertz CT molecular complexity index is 1050. The number of rotatable bonds is 9. The van der Waals surface area contributed by atoms with Crippen molar-refractivity contribution in [3.05, 3.63) is 52.7 Å². The summed E-state index contributed by atoms with van der Waals surface area (Å²) in [5.74, 6) is 1.04. The van der Waals surface area contributed by atoms with Crippen molar-refractivity contribution in [1.29, 1.82) is 0 Å². The van der Waals surface area contributed by atoms with E-state index in [0.717, 1.165) is 5.56 Å². The van der Waals surface area contributed by atoms with E-state index < -0.39 is 0 Å². The molecule has 1 unspecified atom stereocenters. The molecule has 0 saturated heterocycles. The highest BCUT2D eigenvalue weighted by Crippen LogP contribution is 2.42. The van der Waals surface area contributed by atoms with Gasteiger partial charge in [-0.15, -0.1) is 0 Å². The zero-order chi connectivity index (χ0) is 21.8. The molecule has 0 aliphatic rings. The molecule has 8 heteroatoms. The summed E-state index contributed by atoms with van der Waals surface area (Å²) in [5.41, 5.74) is 7.07. The van der Waals surface area contributed by atoms with Crippen molar-refractivity contribution >= 4 is 16.9 Å². The van der Waals surface area contributed by atoms with E-state index in [1.54, 1.807) is 19.1 Å². The zero-order valence-corrected chi connectivity index (χ0v) is 19.0. The van der Waals surface area contributed by atoms with Crippen molar-refractivity contribution in [2.24, 2.45) is 0 Å². The fourth-order valence-electron chi connectivity index (χ4n) is 3.50. The molecule has 1 atom stereocenters. The number of fused-ring (bicyclic) bond motifs is 1. The van der Waals surface area contributed by atoms with E-state index in [1.807, 2.05) is 6.92 Å². The lowest BCUT2D eigenvalue weighted by atomic mass is 9.98. The fraction of sp³-hybridized carbons (Fsp3) is 0.391. The molecule has 0 aliphatic heterocycles. The predicted octanol–water partition coefficient (Wildman–Crippen LogP) is 0.984. The van der Waals surface area contributed by atoms with Gasteiger partial charge in [0.2, 0.25) is 11.3 Å². The SMILES string of the molecule is CC(=O)c1c(OCC[NH3+])c(OCCC(C)c2ccc(F)cc2)c2oc(C)nc2c1C.[Cl-]. The summed E-state index contributed by atoms with van der Waals surface area (Å²) in [6.45, 7) is 8.40. The molecule has 0 bridgehead atoms. The number of aromatic nitrogens is 1. The minimum absolute atomic E-state index is 0. The van der Waals surface area contributed by atoms with E-state index >= 15 is 0 Å². The van der Waals surface area contributed by atoms with Gasteiger partial charge in [0.1, 0.15) is 24.5 Å². The summed E-state index contributed by atoms with van der Waals surface area (Å²) in [5, 5.41) is 0. The molecule has 6 nitrogen and oxygen atoms in total. The highest BCUT2D eigenvalue weighted by molar-refractivity contribution is 6.05. The van der Waals surface area contributed by atoms with Gasteiger partial charge in [-0.05, 0) is 49.4 Å². The Labute approximate surface area is 187 Å². The van der Waals surface area contributed by atoms with Crippen LogP contribution in [0, 0.1) is 19.7 Å². The second-order valence-electron chi connectivity index (χ2n) is 7.42. The van der Waals surface area contributed by atoms with E-state index in [4.69, 9.17) is 13.9 Å². The highest BCUT2D eigenvalue weighted by atomic mass is 35.5. The fourth-order valence-corrected chi connectivity index (χ4v) is 3.50. The third-order valence-electron chi connectivity index (χ3n) is 5.08. The molecule has 0 aliphatic carbocycles. The largest absolute Gasteiger partial charge is 1.00 e. The monoisotopic (exact) mass is 450 g/mol. The molecular formula is C23H28ClFN2O4. The maximum Gasteiger partial charge on any atom is 0.207 e. The molecule has 3 N–H and O–H groups in total. The second kappa shape index (κ2) is 10.6. The molecular weight excluding hydrogens is 423 g/mol. The first-order valence-electron chi connectivity index (χ1n) is 10.1. The van der Waals surface area contributed by atoms with Gasteiger partial charge in [-0.1, -0.05) is 19.1 Å².